The van der Waals surface area contributed by atoms with Crippen LogP contribution in [0.2, 0.25) is 0 Å². The largest absolute Gasteiger partial charge is 0.492 e. The number of carbonyl (C=O) groups excluding carboxylic acids is 2. The Labute approximate surface area is 154 Å². The molecular weight excluding hydrogens is 328 g/mol. The highest BCUT2D eigenvalue weighted by Gasteiger charge is 2.47. The summed E-state index contributed by atoms with van der Waals surface area (Å²) in [6.45, 7) is 3.84. The second-order valence-electron chi connectivity index (χ2n) is 7.42. The van der Waals surface area contributed by atoms with Crippen molar-refractivity contribution in [2.75, 3.05) is 31.1 Å². The van der Waals surface area contributed by atoms with Gasteiger partial charge in [0.1, 0.15) is 12.4 Å². The number of rotatable bonds is 5. The van der Waals surface area contributed by atoms with Gasteiger partial charge in [-0.25, -0.2) is 4.90 Å². The number of fused-ring (bicyclic) bond motifs is 1. The van der Waals surface area contributed by atoms with Crippen molar-refractivity contribution in [2.45, 2.75) is 32.1 Å². The second-order valence-corrected chi connectivity index (χ2v) is 7.42. The molecule has 1 aliphatic carbocycles. The van der Waals surface area contributed by atoms with E-state index in [9.17, 15) is 9.59 Å². The Morgan fingerprint density at radius 1 is 0.962 bits per heavy atom. The van der Waals surface area contributed by atoms with Gasteiger partial charge < -0.3 is 4.74 Å². The molecule has 0 aromatic heterocycles. The van der Waals surface area contributed by atoms with E-state index in [2.05, 4.69) is 4.90 Å². The zero-order valence-corrected chi connectivity index (χ0v) is 15.1. The molecule has 1 aromatic rings. The van der Waals surface area contributed by atoms with Gasteiger partial charge in [-0.05, 0) is 50.9 Å². The van der Waals surface area contributed by atoms with Gasteiger partial charge in [-0.3, -0.25) is 14.5 Å². The van der Waals surface area contributed by atoms with Crippen LogP contribution in [-0.2, 0) is 9.59 Å². The van der Waals surface area contributed by atoms with E-state index in [0.717, 1.165) is 19.6 Å². The highest BCUT2D eigenvalue weighted by atomic mass is 16.5. The van der Waals surface area contributed by atoms with Gasteiger partial charge in [0.2, 0.25) is 11.8 Å². The summed E-state index contributed by atoms with van der Waals surface area (Å²) in [6.07, 6.45) is 9.22. The van der Waals surface area contributed by atoms with E-state index >= 15 is 0 Å². The number of imide groups is 1. The van der Waals surface area contributed by atoms with E-state index in [0.29, 0.717) is 30.9 Å². The molecule has 0 spiro atoms. The summed E-state index contributed by atoms with van der Waals surface area (Å²) < 4.78 is 5.89. The van der Waals surface area contributed by atoms with Crippen molar-refractivity contribution in [2.24, 2.45) is 11.8 Å². The van der Waals surface area contributed by atoms with Gasteiger partial charge in [-0.2, -0.15) is 0 Å². The van der Waals surface area contributed by atoms with Gasteiger partial charge in [0.25, 0.3) is 0 Å². The zero-order chi connectivity index (χ0) is 17.9. The molecule has 0 saturated carbocycles. The number of allylic oxidation sites excluding steroid dienone is 2. The van der Waals surface area contributed by atoms with Crippen LogP contribution in [0.25, 0.3) is 0 Å². The van der Waals surface area contributed by atoms with Crippen molar-refractivity contribution < 1.29 is 14.3 Å². The number of anilines is 1. The van der Waals surface area contributed by atoms with E-state index < -0.39 is 0 Å². The monoisotopic (exact) mass is 354 g/mol. The number of piperidine rings is 1. The standard InChI is InChI=1S/C21H26N2O3/c24-20-18-9-2-3-10-19(18)21(25)23(20)16-7-6-8-17(15-16)26-14-13-22-11-4-1-5-12-22/h2-3,6-8,15,18-19H,1,4-5,9-14H2. The van der Waals surface area contributed by atoms with Crippen LogP contribution in [0.5, 0.6) is 5.75 Å². The fourth-order valence-electron chi connectivity index (χ4n) is 4.24. The quantitative estimate of drug-likeness (QED) is 0.602. The van der Waals surface area contributed by atoms with Gasteiger partial charge in [-0.1, -0.05) is 24.6 Å². The van der Waals surface area contributed by atoms with E-state index in [-0.39, 0.29) is 23.7 Å². The normalized spacial score (nSPS) is 26.2. The van der Waals surface area contributed by atoms with Crippen LogP contribution in [-0.4, -0.2) is 43.0 Å². The molecule has 5 heteroatoms. The Balaban J connectivity index is 1.41. The number of carbonyl (C=O) groups is 2. The second kappa shape index (κ2) is 7.62. The number of nitrogens with zero attached hydrogens (tertiary/aromatic N) is 2. The predicted octanol–water partition coefficient (Wildman–Crippen LogP) is 3.01. The molecule has 3 aliphatic rings. The molecule has 5 nitrogen and oxygen atoms in total. The number of benzene rings is 1. The van der Waals surface area contributed by atoms with E-state index in [1.165, 1.54) is 24.2 Å². The summed E-state index contributed by atoms with van der Waals surface area (Å²) in [4.78, 5) is 29.2. The van der Waals surface area contributed by atoms with Crippen molar-refractivity contribution in [3.8, 4) is 5.75 Å². The van der Waals surface area contributed by atoms with E-state index in [4.69, 9.17) is 4.74 Å². The minimum absolute atomic E-state index is 0.0742. The number of likely N-dealkylation sites (tertiary alicyclic amines) is 1. The molecule has 0 bridgehead atoms. The first-order valence-corrected chi connectivity index (χ1v) is 9.72. The first kappa shape index (κ1) is 17.3. The Bertz CT molecular complexity index is 683. The molecule has 2 amide bonds. The van der Waals surface area contributed by atoms with Gasteiger partial charge in [0.15, 0.2) is 0 Å². The molecule has 2 saturated heterocycles. The van der Waals surface area contributed by atoms with E-state index in [1.54, 1.807) is 0 Å². The third kappa shape index (κ3) is 3.40. The molecule has 2 heterocycles. The average Bonchev–Trinajstić information content (AvgIpc) is 2.94. The van der Waals surface area contributed by atoms with Crippen LogP contribution in [0, 0.1) is 11.8 Å². The van der Waals surface area contributed by atoms with Crippen molar-refractivity contribution >= 4 is 17.5 Å². The summed E-state index contributed by atoms with van der Waals surface area (Å²) >= 11 is 0. The molecule has 2 fully saturated rings. The molecule has 4 rings (SSSR count). The maximum Gasteiger partial charge on any atom is 0.238 e. The van der Waals surface area contributed by atoms with Crippen molar-refractivity contribution in [3.63, 3.8) is 0 Å². The van der Waals surface area contributed by atoms with Gasteiger partial charge in [0, 0.05) is 12.6 Å². The number of hydrogen-bond acceptors (Lipinski definition) is 4. The lowest BCUT2D eigenvalue weighted by atomic mass is 9.85. The molecule has 1 aromatic carbocycles. The topological polar surface area (TPSA) is 49.9 Å². The first-order valence-electron chi connectivity index (χ1n) is 9.72. The highest BCUT2D eigenvalue weighted by molar-refractivity contribution is 6.22. The lowest BCUT2D eigenvalue weighted by Gasteiger charge is -2.26. The zero-order valence-electron chi connectivity index (χ0n) is 15.1. The lowest BCUT2D eigenvalue weighted by Crippen LogP contribution is -2.33. The van der Waals surface area contributed by atoms with Crippen LogP contribution >= 0.6 is 0 Å². The Morgan fingerprint density at radius 3 is 2.35 bits per heavy atom. The maximum atomic E-state index is 12.7. The Morgan fingerprint density at radius 2 is 1.65 bits per heavy atom. The molecule has 0 radical (unpaired) electrons. The number of amides is 2. The number of hydrogen-bond donors (Lipinski definition) is 0. The highest BCUT2D eigenvalue weighted by Crippen LogP contribution is 2.38. The fraction of sp³-hybridized carbons (Fsp3) is 0.524. The Kier molecular flexibility index (Phi) is 5.07. The molecule has 2 unspecified atom stereocenters. The summed E-state index contributed by atoms with van der Waals surface area (Å²) in [7, 11) is 0. The van der Waals surface area contributed by atoms with Crippen LogP contribution in [0.15, 0.2) is 36.4 Å². The SMILES string of the molecule is O=C1C2CC=CCC2C(=O)N1c1cccc(OCCN2CCCCC2)c1. The molecular formula is C21H26N2O3. The molecule has 2 aliphatic heterocycles. The van der Waals surface area contributed by atoms with Gasteiger partial charge in [0.05, 0.1) is 17.5 Å². The molecule has 0 N–H and O–H groups in total. The van der Waals surface area contributed by atoms with Gasteiger partial charge in [-0.15, -0.1) is 0 Å². The summed E-state index contributed by atoms with van der Waals surface area (Å²) in [5.41, 5.74) is 0.630. The molecule has 138 valence electrons. The third-order valence-electron chi connectivity index (χ3n) is 5.71. The predicted molar refractivity (Wildman–Crippen MR) is 100 cm³/mol. The lowest BCUT2D eigenvalue weighted by molar-refractivity contribution is -0.122. The smallest absolute Gasteiger partial charge is 0.238 e. The average molecular weight is 354 g/mol. The van der Waals surface area contributed by atoms with Crippen LogP contribution < -0.4 is 9.64 Å². The minimum atomic E-state index is -0.198. The summed E-state index contributed by atoms with van der Waals surface area (Å²) in [6, 6.07) is 7.38. The summed E-state index contributed by atoms with van der Waals surface area (Å²) in [5, 5.41) is 0. The van der Waals surface area contributed by atoms with Crippen molar-refractivity contribution in [3.05, 3.63) is 36.4 Å². The molecule has 26 heavy (non-hydrogen) atoms. The minimum Gasteiger partial charge on any atom is -0.492 e. The van der Waals surface area contributed by atoms with Crippen molar-refractivity contribution in [1.29, 1.82) is 0 Å². The van der Waals surface area contributed by atoms with E-state index in [1.807, 2.05) is 36.4 Å². The van der Waals surface area contributed by atoms with Crippen LogP contribution in [0.1, 0.15) is 32.1 Å². The van der Waals surface area contributed by atoms with Crippen LogP contribution in [0.4, 0.5) is 5.69 Å². The fourth-order valence-corrected chi connectivity index (χ4v) is 4.24. The summed E-state index contributed by atoms with van der Waals surface area (Å²) in [5.74, 6) is 0.171. The maximum absolute atomic E-state index is 12.7. The van der Waals surface area contributed by atoms with Crippen LogP contribution in [0.3, 0.4) is 0 Å². The Hall–Kier alpha value is -2.14. The molecule has 2 atom stereocenters. The van der Waals surface area contributed by atoms with Crippen molar-refractivity contribution in [1.82, 2.24) is 4.90 Å². The van der Waals surface area contributed by atoms with Gasteiger partial charge >= 0.3 is 0 Å². The third-order valence-corrected chi connectivity index (χ3v) is 5.71. The number of ether oxygens (including phenoxy) is 1. The first-order chi connectivity index (χ1) is 12.7.